The minimum atomic E-state index is -3.61. The number of hydrogen-bond acceptors (Lipinski definition) is 4. The molecule has 3 rings (SSSR count). The second kappa shape index (κ2) is 9.18. The Balaban J connectivity index is 0.00000320. The van der Waals surface area contributed by atoms with Crippen molar-refractivity contribution in [3.8, 4) is 16.9 Å². The molecule has 30 heavy (non-hydrogen) atoms. The van der Waals surface area contributed by atoms with E-state index in [-0.39, 0.29) is 42.0 Å². The lowest BCUT2D eigenvalue weighted by Gasteiger charge is -2.13. The Labute approximate surface area is 181 Å². The van der Waals surface area contributed by atoms with Gasteiger partial charge in [0, 0.05) is 42.8 Å². The summed E-state index contributed by atoms with van der Waals surface area (Å²) in [5.74, 6) is -0.290. The molecule has 1 aromatic heterocycles. The number of phenolic OH excluding ortho intramolecular Hbond substituents is 1. The van der Waals surface area contributed by atoms with Gasteiger partial charge in [0.15, 0.2) is 0 Å². The summed E-state index contributed by atoms with van der Waals surface area (Å²) in [4.78, 5) is 0.162. The third-order valence-electron chi connectivity index (χ3n) is 4.86. The van der Waals surface area contributed by atoms with Gasteiger partial charge in [0.1, 0.15) is 11.6 Å². The summed E-state index contributed by atoms with van der Waals surface area (Å²) in [6, 6.07) is 11.5. The average molecular weight is 454 g/mol. The van der Waals surface area contributed by atoms with Crippen molar-refractivity contribution in [1.29, 1.82) is 0 Å². The van der Waals surface area contributed by atoms with Crippen molar-refractivity contribution in [2.24, 2.45) is 5.73 Å². The van der Waals surface area contributed by atoms with E-state index in [9.17, 15) is 17.9 Å². The average Bonchev–Trinajstić information content (AvgIpc) is 2.92. The summed E-state index contributed by atoms with van der Waals surface area (Å²) in [5, 5.41) is 10.7. The standard InChI is InChI=1S/C21H24FN3O3S.ClH/c1-14-21(15-5-4-6-18(11-15)29(27,28)24(2)3)19-12-17(26)7-8-20(19)25(14)13-16(22)9-10-23;/h4-9,11-12,26H,10,13,23H2,1-3H3;1H/b16-9-;. The van der Waals surface area contributed by atoms with E-state index in [1.807, 2.05) is 6.92 Å². The number of rotatable bonds is 6. The van der Waals surface area contributed by atoms with Crippen LogP contribution in [0.3, 0.4) is 0 Å². The number of benzene rings is 2. The molecule has 0 aliphatic carbocycles. The largest absolute Gasteiger partial charge is 0.508 e. The van der Waals surface area contributed by atoms with Gasteiger partial charge in [-0.3, -0.25) is 0 Å². The van der Waals surface area contributed by atoms with Gasteiger partial charge in [-0.05, 0) is 48.9 Å². The van der Waals surface area contributed by atoms with Crippen LogP contribution in [0.25, 0.3) is 22.0 Å². The van der Waals surface area contributed by atoms with Crippen LogP contribution in [0.5, 0.6) is 5.75 Å². The van der Waals surface area contributed by atoms with Crippen LogP contribution in [0.2, 0.25) is 0 Å². The number of halogens is 2. The van der Waals surface area contributed by atoms with Crippen molar-refractivity contribution >= 4 is 33.3 Å². The van der Waals surface area contributed by atoms with E-state index in [0.29, 0.717) is 10.9 Å². The molecule has 0 aliphatic heterocycles. The van der Waals surface area contributed by atoms with Gasteiger partial charge in [0.05, 0.1) is 11.4 Å². The summed E-state index contributed by atoms with van der Waals surface area (Å²) < 4.78 is 42.3. The minimum absolute atomic E-state index is 0. The van der Waals surface area contributed by atoms with Gasteiger partial charge in [-0.2, -0.15) is 0 Å². The summed E-state index contributed by atoms with van der Waals surface area (Å²) in [7, 11) is -0.655. The Morgan fingerprint density at radius 3 is 2.57 bits per heavy atom. The molecular weight excluding hydrogens is 429 g/mol. The number of aromatic hydroxyl groups is 1. The predicted octanol–water partition coefficient (Wildman–Crippen LogP) is 3.81. The quantitative estimate of drug-likeness (QED) is 0.594. The highest BCUT2D eigenvalue weighted by atomic mass is 35.5. The van der Waals surface area contributed by atoms with Crippen LogP contribution < -0.4 is 5.73 Å². The molecular formula is C21H25ClFN3O3S. The number of allylic oxidation sites excluding steroid dienone is 1. The smallest absolute Gasteiger partial charge is 0.242 e. The van der Waals surface area contributed by atoms with Crippen LogP contribution in [0.15, 0.2) is 59.3 Å². The summed E-state index contributed by atoms with van der Waals surface area (Å²) >= 11 is 0. The summed E-state index contributed by atoms with van der Waals surface area (Å²) in [6.07, 6.45) is 1.32. The van der Waals surface area contributed by atoms with Crippen molar-refractivity contribution < 1.29 is 17.9 Å². The van der Waals surface area contributed by atoms with Crippen LogP contribution >= 0.6 is 12.4 Å². The molecule has 3 N–H and O–H groups in total. The number of aromatic nitrogens is 1. The maximum absolute atomic E-state index is 14.2. The van der Waals surface area contributed by atoms with Crippen LogP contribution in [-0.4, -0.2) is 43.0 Å². The molecule has 0 radical (unpaired) electrons. The first-order valence-corrected chi connectivity index (χ1v) is 10.5. The van der Waals surface area contributed by atoms with Crippen molar-refractivity contribution in [2.75, 3.05) is 20.6 Å². The van der Waals surface area contributed by atoms with Crippen LogP contribution in [0.1, 0.15) is 5.69 Å². The van der Waals surface area contributed by atoms with E-state index in [0.717, 1.165) is 21.1 Å². The van der Waals surface area contributed by atoms with Crippen LogP contribution in [0, 0.1) is 6.92 Å². The fraction of sp³-hybridized carbons (Fsp3) is 0.238. The first-order valence-electron chi connectivity index (χ1n) is 9.06. The molecule has 0 atom stereocenters. The van der Waals surface area contributed by atoms with E-state index in [2.05, 4.69) is 0 Å². The second-order valence-electron chi connectivity index (χ2n) is 6.95. The van der Waals surface area contributed by atoms with Gasteiger partial charge < -0.3 is 15.4 Å². The van der Waals surface area contributed by atoms with Gasteiger partial charge in [-0.1, -0.05) is 12.1 Å². The Morgan fingerprint density at radius 1 is 1.23 bits per heavy atom. The van der Waals surface area contributed by atoms with E-state index < -0.39 is 10.0 Å². The van der Waals surface area contributed by atoms with Gasteiger partial charge >= 0.3 is 0 Å². The normalized spacial score (nSPS) is 12.4. The van der Waals surface area contributed by atoms with Crippen LogP contribution in [0.4, 0.5) is 4.39 Å². The molecule has 0 spiro atoms. The highest BCUT2D eigenvalue weighted by molar-refractivity contribution is 7.89. The second-order valence-corrected chi connectivity index (χ2v) is 9.10. The lowest BCUT2D eigenvalue weighted by atomic mass is 10.0. The molecule has 0 saturated heterocycles. The molecule has 2 aromatic carbocycles. The molecule has 9 heteroatoms. The summed E-state index contributed by atoms with van der Waals surface area (Å²) in [5.41, 5.74) is 8.31. The number of phenols is 1. The van der Waals surface area contributed by atoms with E-state index >= 15 is 0 Å². The first-order chi connectivity index (χ1) is 13.7. The zero-order valence-electron chi connectivity index (χ0n) is 17.0. The molecule has 0 fully saturated rings. The maximum Gasteiger partial charge on any atom is 0.242 e. The first kappa shape index (κ1) is 23.9. The number of nitrogens with zero attached hydrogens (tertiary/aromatic N) is 2. The molecule has 162 valence electrons. The Hall–Kier alpha value is -2.39. The zero-order chi connectivity index (χ0) is 21.3. The number of hydrogen-bond donors (Lipinski definition) is 2. The Kier molecular flexibility index (Phi) is 7.31. The van der Waals surface area contributed by atoms with E-state index in [4.69, 9.17) is 5.73 Å². The van der Waals surface area contributed by atoms with Gasteiger partial charge in [-0.15, -0.1) is 12.4 Å². The molecule has 6 nitrogen and oxygen atoms in total. The minimum Gasteiger partial charge on any atom is -0.508 e. The number of nitrogens with two attached hydrogens (primary N) is 1. The van der Waals surface area contributed by atoms with Gasteiger partial charge in [-0.25, -0.2) is 17.1 Å². The fourth-order valence-corrected chi connectivity index (χ4v) is 4.35. The maximum atomic E-state index is 14.2. The molecule has 3 aromatic rings. The molecule has 1 heterocycles. The van der Waals surface area contributed by atoms with Crippen molar-refractivity contribution in [2.45, 2.75) is 18.4 Å². The summed E-state index contributed by atoms with van der Waals surface area (Å²) in [6.45, 7) is 1.94. The third kappa shape index (κ3) is 4.37. The van der Waals surface area contributed by atoms with E-state index in [1.165, 1.54) is 26.2 Å². The fourth-order valence-electron chi connectivity index (χ4n) is 3.40. The lowest BCUT2D eigenvalue weighted by Crippen LogP contribution is -2.22. The molecule has 0 bridgehead atoms. The molecule has 0 aliphatic rings. The highest BCUT2D eigenvalue weighted by Gasteiger charge is 2.21. The number of fused-ring (bicyclic) bond motifs is 1. The van der Waals surface area contributed by atoms with Crippen molar-refractivity contribution in [1.82, 2.24) is 8.87 Å². The zero-order valence-corrected chi connectivity index (χ0v) is 18.6. The van der Waals surface area contributed by atoms with Gasteiger partial charge in [0.2, 0.25) is 10.0 Å². The van der Waals surface area contributed by atoms with Crippen LogP contribution in [-0.2, 0) is 16.6 Å². The highest BCUT2D eigenvalue weighted by Crippen LogP contribution is 2.37. The van der Waals surface area contributed by atoms with Crippen molar-refractivity contribution in [3.05, 3.63) is 60.1 Å². The topological polar surface area (TPSA) is 88.6 Å². The molecule has 0 saturated carbocycles. The van der Waals surface area contributed by atoms with Gasteiger partial charge in [0.25, 0.3) is 0 Å². The third-order valence-corrected chi connectivity index (χ3v) is 6.67. The van der Waals surface area contributed by atoms with E-state index in [1.54, 1.807) is 41.0 Å². The predicted molar refractivity (Wildman–Crippen MR) is 120 cm³/mol. The Bertz CT molecular complexity index is 1200. The lowest BCUT2D eigenvalue weighted by molar-refractivity contribution is 0.476. The number of sulfonamides is 1. The monoisotopic (exact) mass is 453 g/mol. The SMILES string of the molecule is Cc1c(-c2cccc(S(=O)(=O)N(C)C)c2)c2cc(O)ccc2n1C/C(F)=C/CN.Cl. The molecule has 0 unspecified atom stereocenters. The van der Waals surface area contributed by atoms with Crippen molar-refractivity contribution in [3.63, 3.8) is 0 Å². The molecule has 0 amide bonds. The Morgan fingerprint density at radius 2 is 1.93 bits per heavy atom.